The van der Waals surface area contributed by atoms with Crippen LogP contribution in [0.5, 0.6) is 0 Å². The van der Waals surface area contributed by atoms with Crippen molar-refractivity contribution in [3.05, 3.63) is 64.1 Å². The molecule has 0 aliphatic heterocycles. The second kappa shape index (κ2) is 6.98. The summed E-state index contributed by atoms with van der Waals surface area (Å²) in [5.74, 6) is -0.485. The molecule has 0 heterocycles. The highest BCUT2D eigenvalue weighted by Gasteiger charge is 2.21. The van der Waals surface area contributed by atoms with Crippen molar-refractivity contribution in [2.75, 3.05) is 0 Å². The average molecular weight is 318 g/mol. The van der Waals surface area contributed by atoms with Crippen molar-refractivity contribution in [2.45, 2.75) is 6.04 Å². The van der Waals surface area contributed by atoms with Crippen LogP contribution in [0.2, 0.25) is 10.0 Å². The molecule has 0 aliphatic carbocycles. The van der Waals surface area contributed by atoms with E-state index >= 15 is 0 Å². The number of hydrogen-bond donors (Lipinski definition) is 0. The molecule has 6 heteroatoms. The SMILES string of the molecule is N#CC(N=Nc1ccc(Cl)cc1)C(=O)c1ccccc1Cl. The van der Waals surface area contributed by atoms with Gasteiger partial charge in [-0.15, -0.1) is 0 Å². The minimum absolute atomic E-state index is 0.251. The number of carbonyl (C=O) groups is 1. The molecular formula is C15H9Cl2N3O. The molecule has 2 aromatic rings. The molecule has 0 N–H and O–H groups in total. The molecule has 0 aromatic heterocycles. The third kappa shape index (κ3) is 3.88. The predicted molar refractivity (Wildman–Crippen MR) is 81.2 cm³/mol. The van der Waals surface area contributed by atoms with Gasteiger partial charge in [0.2, 0.25) is 11.8 Å². The molecule has 0 saturated heterocycles. The van der Waals surface area contributed by atoms with Gasteiger partial charge in [-0.3, -0.25) is 4.79 Å². The number of carbonyl (C=O) groups excluding carboxylic acids is 1. The number of azo groups is 1. The fourth-order valence-corrected chi connectivity index (χ4v) is 1.93. The minimum atomic E-state index is -1.24. The molecule has 0 bridgehead atoms. The van der Waals surface area contributed by atoms with Crippen LogP contribution in [0.4, 0.5) is 5.69 Å². The number of halogens is 2. The van der Waals surface area contributed by atoms with Crippen LogP contribution in [-0.2, 0) is 0 Å². The molecule has 104 valence electrons. The van der Waals surface area contributed by atoms with E-state index in [0.717, 1.165) is 0 Å². The van der Waals surface area contributed by atoms with Crippen molar-refractivity contribution in [1.82, 2.24) is 0 Å². The summed E-state index contributed by atoms with van der Waals surface area (Å²) in [6, 6.07) is 13.7. The van der Waals surface area contributed by atoms with Crippen LogP contribution in [0.25, 0.3) is 0 Å². The van der Waals surface area contributed by atoms with Crippen LogP contribution < -0.4 is 0 Å². The Labute approximate surface area is 131 Å². The topological polar surface area (TPSA) is 65.6 Å². The summed E-state index contributed by atoms with van der Waals surface area (Å²) in [5, 5.41) is 17.6. The lowest BCUT2D eigenvalue weighted by Gasteiger charge is -2.04. The van der Waals surface area contributed by atoms with E-state index in [1.165, 1.54) is 0 Å². The number of hydrogen-bond acceptors (Lipinski definition) is 4. The maximum Gasteiger partial charge on any atom is 0.219 e. The molecule has 4 nitrogen and oxygen atoms in total. The zero-order valence-electron chi connectivity index (χ0n) is 10.7. The smallest absolute Gasteiger partial charge is 0.219 e. The van der Waals surface area contributed by atoms with Crippen LogP contribution in [-0.4, -0.2) is 11.8 Å². The summed E-state index contributed by atoms with van der Waals surface area (Å²) in [4.78, 5) is 12.2. The zero-order chi connectivity index (χ0) is 15.2. The first kappa shape index (κ1) is 15.2. The number of nitrogens with zero attached hydrogens (tertiary/aromatic N) is 3. The van der Waals surface area contributed by atoms with Crippen molar-refractivity contribution >= 4 is 34.7 Å². The maximum absolute atomic E-state index is 12.2. The molecule has 2 rings (SSSR count). The Morgan fingerprint density at radius 3 is 2.38 bits per heavy atom. The number of benzene rings is 2. The van der Waals surface area contributed by atoms with Gasteiger partial charge in [0.25, 0.3) is 0 Å². The van der Waals surface area contributed by atoms with E-state index in [1.54, 1.807) is 48.5 Å². The normalized spacial score (nSPS) is 12.0. The van der Waals surface area contributed by atoms with Crippen LogP contribution >= 0.6 is 23.2 Å². The third-order valence-corrected chi connectivity index (χ3v) is 3.21. The van der Waals surface area contributed by atoms with E-state index in [2.05, 4.69) is 10.2 Å². The Bertz CT molecular complexity index is 720. The molecular weight excluding hydrogens is 309 g/mol. The van der Waals surface area contributed by atoms with Crippen LogP contribution in [0.1, 0.15) is 10.4 Å². The summed E-state index contributed by atoms with van der Waals surface area (Å²) >= 11 is 11.7. The van der Waals surface area contributed by atoms with Crippen LogP contribution in [0.3, 0.4) is 0 Å². The quantitative estimate of drug-likeness (QED) is 0.597. The molecule has 0 amide bonds. The monoisotopic (exact) mass is 317 g/mol. The second-order valence-corrected chi connectivity index (χ2v) is 4.91. The Balaban J connectivity index is 2.21. The van der Waals surface area contributed by atoms with Gasteiger partial charge in [0.15, 0.2) is 0 Å². The van der Waals surface area contributed by atoms with Crippen molar-refractivity contribution < 1.29 is 4.79 Å². The fraction of sp³-hybridized carbons (Fsp3) is 0.0667. The predicted octanol–water partition coefficient (Wildman–Crippen LogP) is 4.85. The fourth-order valence-electron chi connectivity index (χ4n) is 1.58. The standard InChI is InChI=1S/C15H9Cl2N3O/c16-10-5-7-11(8-6-10)19-20-14(9-18)15(21)12-3-1-2-4-13(12)17/h1-8,14H. The summed E-state index contributed by atoms with van der Waals surface area (Å²) in [6.45, 7) is 0. The first-order valence-corrected chi connectivity index (χ1v) is 6.72. The van der Waals surface area contributed by atoms with E-state index in [4.69, 9.17) is 28.5 Å². The number of nitriles is 1. The highest BCUT2D eigenvalue weighted by molar-refractivity contribution is 6.34. The van der Waals surface area contributed by atoms with Gasteiger partial charge in [0.05, 0.1) is 16.8 Å². The van der Waals surface area contributed by atoms with E-state index in [0.29, 0.717) is 10.7 Å². The number of rotatable bonds is 4. The third-order valence-electron chi connectivity index (χ3n) is 2.63. The summed E-state index contributed by atoms with van der Waals surface area (Å²) in [5.41, 5.74) is 0.757. The lowest BCUT2D eigenvalue weighted by Crippen LogP contribution is -2.16. The molecule has 1 unspecified atom stereocenters. The molecule has 0 saturated carbocycles. The summed E-state index contributed by atoms with van der Waals surface area (Å²) < 4.78 is 0. The molecule has 0 radical (unpaired) electrons. The van der Waals surface area contributed by atoms with Gasteiger partial charge in [-0.05, 0) is 36.4 Å². The Morgan fingerprint density at radius 1 is 1.10 bits per heavy atom. The molecule has 1 atom stereocenters. The molecule has 0 fully saturated rings. The van der Waals surface area contributed by atoms with Crippen LogP contribution in [0.15, 0.2) is 58.8 Å². The van der Waals surface area contributed by atoms with E-state index in [9.17, 15) is 4.79 Å². The molecule has 21 heavy (non-hydrogen) atoms. The number of Topliss-reactive ketones (excluding diaryl/α,β-unsaturated/α-hetero) is 1. The summed E-state index contributed by atoms with van der Waals surface area (Å²) in [6.07, 6.45) is 0. The van der Waals surface area contributed by atoms with Gasteiger partial charge in [0.1, 0.15) is 0 Å². The Hall–Kier alpha value is -2.22. The van der Waals surface area contributed by atoms with Crippen molar-refractivity contribution in [2.24, 2.45) is 10.2 Å². The average Bonchev–Trinajstić information content (AvgIpc) is 2.50. The first-order valence-electron chi connectivity index (χ1n) is 5.96. The number of ketones is 1. The lowest BCUT2D eigenvalue weighted by atomic mass is 10.1. The largest absolute Gasteiger partial charge is 0.290 e. The molecule has 0 aliphatic rings. The highest BCUT2D eigenvalue weighted by atomic mass is 35.5. The lowest BCUT2D eigenvalue weighted by molar-refractivity contribution is 0.0979. The van der Waals surface area contributed by atoms with Gasteiger partial charge in [-0.1, -0.05) is 35.3 Å². The van der Waals surface area contributed by atoms with Crippen molar-refractivity contribution in [3.63, 3.8) is 0 Å². The van der Waals surface area contributed by atoms with E-state index < -0.39 is 11.8 Å². The van der Waals surface area contributed by atoms with Gasteiger partial charge in [0, 0.05) is 10.6 Å². The van der Waals surface area contributed by atoms with Crippen LogP contribution in [0, 0.1) is 11.3 Å². The Morgan fingerprint density at radius 2 is 1.76 bits per heavy atom. The summed E-state index contributed by atoms with van der Waals surface area (Å²) in [7, 11) is 0. The maximum atomic E-state index is 12.2. The van der Waals surface area contributed by atoms with Gasteiger partial charge in [-0.2, -0.15) is 15.5 Å². The van der Waals surface area contributed by atoms with Gasteiger partial charge < -0.3 is 0 Å². The van der Waals surface area contributed by atoms with Gasteiger partial charge in [-0.25, -0.2) is 0 Å². The van der Waals surface area contributed by atoms with Crippen molar-refractivity contribution in [3.8, 4) is 6.07 Å². The molecule has 0 spiro atoms. The van der Waals surface area contributed by atoms with Gasteiger partial charge >= 0.3 is 0 Å². The minimum Gasteiger partial charge on any atom is -0.290 e. The van der Waals surface area contributed by atoms with E-state index in [-0.39, 0.29) is 10.6 Å². The van der Waals surface area contributed by atoms with E-state index in [1.807, 2.05) is 6.07 Å². The highest BCUT2D eigenvalue weighted by Crippen LogP contribution is 2.20. The zero-order valence-corrected chi connectivity index (χ0v) is 12.2. The van der Waals surface area contributed by atoms with Crippen molar-refractivity contribution in [1.29, 1.82) is 5.26 Å². The molecule has 2 aromatic carbocycles. The first-order chi connectivity index (χ1) is 10.1. The Kier molecular flexibility index (Phi) is 5.04. The second-order valence-electron chi connectivity index (χ2n) is 4.07.